The number of nitrogens with two attached hydrogens (primary N) is 1. The van der Waals surface area contributed by atoms with Crippen molar-refractivity contribution in [2.45, 2.75) is 31.2 Å². The van der Waals surface area contributed by atoms with Crippen LogP contribution in [-0.4, -0.2) is 54.1 Å². The van der Waals surface area contributed by atoms with Gasteiger partial charge >= 0.3 is 6.09 Å². The summed E-state index contributed by atoms with van der Waals surface area (Å²) in [4.78, 5) is 46.6. The predicted octanol–water partition coefficient (Wildman–Crippen LogP) is 4.07. The quantitative estimate of drug-likeness (QED) is 0.124. The standard InChI is InChI=1S/C29H32N6O7/c30-14-6-5-11-26(28(36)32-16-15-31-25-13-12-19(34(38)39)17-27(25)35(40)41)33-29(37)42-18-24-22-9-3-1-7-20(22)21-8-2-4-10-23(21)24/h1-4,7-10,12-13,17,24,26,31H,5-6,11,14-16,18,30H2,(H,32,36)(H,33,37)/t26-/m0/s1. The molecule has 3 aromatic carbocycles. The monoisotopic (exact) mass is 576 g/mol. The van der Waals surface area contributed by atoms with Crippen molar-refractivity contribution >= 4 is 29.1 Å². The van der Waals surface area contributed by atoms with Crippen LogP contribution in [0.25, 0.3) is 11.1 Å². The Morgan fingerprint density at radius 1 is 0.905 bits per heavy atom. The number of anilines is 1. The molecule has 13 heteroatoms. The van der Waals surface area contributed by atoms with E-state index >= 15 is 0 Å². The second-order valence-electron chi connectivity index (χ2n) is 9.74. The molecule has 0 fully saturated rings. The smallest absolute Gasteiger partial charge is 0.407 e. The molecule has 1 atom stereocenters. The molecule has 0 aliphatic heterocycles. The number of fused-ring (bicyclic) bond motifs is 3. The summed E-state index contributed by atoms with van der Waals surface area (Å²) in [6, 6.07) is 18.3. The maximum Gasteiger partial charge on any atom is 0.407 e. The van der Waals surface area contributed by atoms with E-state index in [1.165, 1.54) is 6.07 Å². The number of unbranched alkanes of at least 4 members (excludes halogenated alkanes) is 1. The van der Waals surface area contributed by atoms with Gasteiger partial charge in [0.1, 0.15) is 18.3 Å². The van der Waals surface area contributed by atoms with Gasteiger partial charge in [0.25, 0.3) is 11.4 Å². The van der Waals surface area contributed by atoms with Gasteiger partial charge in [0.2, 0.25) is 5.91 Å². The summed E-state index contributed by atoms with van der Waals surface area (Å²) in [6.07, 6.45) is 0.894. The summed E-state index contributed by atoms with van der Waals surface area (Å²) in [5.74, 6) is -0.567. The predicted molar refractivity (Wildman–Crippen MR) is 156 cm³/mol. The van der Waals surface area contributed by atoms with Crippen LogP contribution in [0.3, 0.4) is 0 Å². The van der Waals surface area contributed by atoms with Crippen LogP contribution in [0, 0.1) is 20.2 Å². The first kappa shape index (κ1) is 29.9. The summed E-state index contributed by atoms with van der Waals surface area (Å²) >= 11 is 0. The lowest BCUT2D eigenvalue weighted by Gasteiger charge is -2.20. The molecule has 5 N–H and O–H groups in total. The summed E-state index contributed by atoms with van der Waals surface area (Å²) in [7, 11) is 0. The van der Waals surface area contributed by atoms with E-state index in [9.17, 15) is 29.8 Å². The average Bonchev–Trinajstić information content (AvgIpc) is 3.31. The van der Waals surface area contributed by atoms with Gasteiger partial charge in [-0.25, -0.2) is 4.79 Å². The molecule has 0 aromatic heterocycles. The number of nitrogens with zero attached hydrogens (tertiary/aromatic N) is 2. The zero-order valence-corrected chi connectivity index (χ0v) is 22.8. The molecule has 0 unspecified atom stereocenters. The normalized spacial score (nSPS) is 12.5. The third-order valence-electron chi connectivity index (χ3n) is 7.03. The van der Waals surface area contributed by atoms with Crippen LogP contribution in [0.15, 0.2) is 66.7 Å². The van der Waals surface area contributed by atoms with Crippen molar-refractivity contribution in [1.29, 1.82) is 0 Å². The van der Waals surface area contributed by atoms with E-state index in [0.29, 0.717) is 25.8 Å². The molecular weight excluding hydrogens is 544 g/mol. The molecule has 0 saturated carbocycles. The van der Waals surface area contributed by atoms with Gasteiger partial charge in [-0.1, -0.05) is 48.5 Å². The second-order valence-corrected chi connectivity index (χ2v) is 9.74. The molecule has 0 bridgehead atoms. The average molecular weight is 577 g/mol. The van der Waals surface area contributed by atoms with Crippen molar-refractivity contribution in [1.82, 2.24) is 10.6 Å². The minimum absolute atomic E-state index is 0.0761. The van der Waals surface area contributed by atoms with Gasteiger partial charge in [0, 0.05) is 25.1 Å². The number of carbonyl (C=O) groups is 2. The topological polar surface area (TPSA) is 192 Å². The van der Waals surface area contributed by atoms with Crippen LogP contribution in [0.1, 0.15) is 36.3 Å². The number of hydrogen-bond acceptors (Lipinski definition) is 9. The minimum Gasteiger partial charge on any atom is -0.449 e. The molecule has 13 nitrogen and oxygen atoms in total. The Morgan fingerprint density at radius 2 is 1.57 bits per heavy atom. The zero-order valence-electron chi connectivity index (χ0n) is 22.8. The molecule has 1 aliphatic rings. The molecular formula is C29H32N6O7. The van der Waals surface area contributed by atoms with Crippen LogP contribution in [0.5, 0.6) is 0 Å². The largest absolute Gasteiger partial charge is 0.449 e. The fraction of sp³-hybridized carbons (Fsp3) is 0.310. The van der Waals surface area contributed by atoms with Crippen molar-refractivity contribution in [3.63, 3.8) is 0 Å². The molecule has 3 aromatic rings. The highest BCUT2D eigenvalue weighted by Crippen LogP contribution is 2.44. The van der Waals surface area contributed by atoms with Crippen LogP contribution in [0.2, 0.25) is 0 Å². The Labute approximate surface area is 241 Å². The van der Waals surface area contributed by atoms with Gasteiger partial charge < -0.3 is 26.4 Å². The van der Waals surface area contributed by atoms with Crippen LogP contribution >= 0.6 is 0 Å². The van der Waals surface area contributed by atoms with Crippen LogP contribution in [-0.2, 0) is 9.53 Å². The third kappa shape index (κ3) is 7.18. The van der Waals surface area contributed by atoms with Crippen LogP contribution in [0.4, 0.5) is 21.9 Å². The highest BCUT2D eigenvalue weighted by atomic mass is 16.6. The third-order valence-corrected chi connectivity index (χ3v) is 7.03. The Kier molecular flexibility index (Phi) is 10.0. The molecule has 1 aliphatic carbocycles. The van der Waals surface area contributed by atoms with Gasteiger partial charge in [-0.3, -0.25) is 25.0 Å². The summed E-state index contributed by atoms with van der Waals surface area (Å²) in [5, 5.41) is 30.4. The van der Waals surface area contributed by atoms with Gasteiger partial charge in [-0.15, -0.1) is 0 Å². The maximum absolute atomic E-state index is 12.9. The fourth-order valence-electron chi connectivity index (χ4n) is 4.98. The number of carbonyl (C=O) groups excluding carboxylic acids is 2. The lowest BCUT2D eigenvalue weighted by molar-refractivity contribution is -0.393. The first-order chi connectivity index (χ1) is 20.3. The number of nitro benzene ring substituents is 2. The number of nitro groups is 2. The van der Waals surface area contributed by atoms with Gasteiger partial charge in [0.05, 0.1) is 15.9 Å². The van der Waals surface area contributed by atoms with E-state index in [0.717, 1.165) is 34.4 Å². The lowest BCUT2D eigenvalue weighted by Crippen LogP contribution is -2.48. The number of benzene rings is 3. The highest BCUT2D eigenvalue weighted by molar-refractivity contribution is 5.85. The van der Waals surface area contributed by atoms with E-state index < -0.39 is 39.3 Å². The SMILES string of the molecule is NCCCC[C@H](NC(=O)OCC1c2ccccc2-c2ccccc21)C(=O)NCCNc1ccc([N+](=O)[O-])cc1[N+](=O)[O-]. The molecule has 0 heterocycles. The Balaban J connectivity index is 1.32. The molecule has 4 rings (SSSR count). The molecule has 2 amide bonds. The maximum atomic E-state index is 12.9. The first-order valence-corrected chi connectivity index (χ1v) is 13.6. The number of ether oxygens (including phenoxy) is 1. The number of alkyl carbamates (subject to hydrolysis) is 1. The van der Waals surface area contributed by atoms with E-state index in [-0.39, 0.29) is 31.3 Å². The van der Waals surface area contributed by atoms with E-state index in [1.807, 2.05) is 48.5 Å². The zero-order chi connectivity index (χ0) is 30.1. The highest BCUT2D eigenvalue weighted by Gasteiger charge is 2.30. The second kappa shape index (κ2) is 14.0. The van der Waals surface area contributed by atoms with Crippen molar-refractivity contribution in [2.75, 3.05) is 31.6 Å². The number of rotatable bonds is 14. The number of amides is 2. The minimum atomic E-state index is -0.874. The first-order valence-electron chi connectivity index (χ1n) is 13.6. The molecule has 0 radical (unpaired) electrons. The van der Waals surface area contributed by atoms with E-state index in [4.69, 9.17) is 10.5 Å². The summed E-state index contributed by atoms with van der Waals surface area (Å²) in [6.45, 7) is 0.726. The summed E-state index contributed by atoms with van der Waals surface area (Å²) < 4.78 is 5.59. The summed E-state index contributed by atoms with van der Waals surface area (Å²) in [5.41, 5.74) is 9.18. The number of nitrogens with one attached hydrogen (secondary N) is 3. The molecule has 42 heavy (non-hydrogen) atoms. The Morgan fingerprint density at radius 3 is 2.19 bits per heavy atom. The molecule has 220 valence electrons. The van der Waals surface area contributed by atoms with Gasteiger partial charge in [-0.05, 0) is 54.1 Å². The van der Waals surface area contributed by atoms with Crippen LogP contribution < -0.4 is 21.7 Å². The van der Waals surface area contributed by atoms with Gasteiger partial charge in [0.15, 0.2) is 0 Å². The Hall–Kier alpha value is -5.04. The van der Waals surface area contributed by atoms with E-state index in [2.05, 4.69) is 16.0 Å². The van der Waals surface area contributed by atoms with Crippen molar-refractivity contribution in [3.05, 3.63) is 98.1 Å². The van der Waals surface area contributed by atoms with E-state index in [1.54, 1.807) is 0 Å². The molecule has 0 spiro atoms. The van der Waals surface area contributed by atoms with Gasteiger partial charge in [-0.2, -0.15) is 0 Å². The lowest BCUT2D eigenvalue weighted by atomic mass is 9.98. The number of non-ortho nitro benzene ring substituents is 1. The number of hydrogen-bond donors (Lipinski definition) is 4. The molecule has 0 saturated heterocycles. The van der Waals surface area contributed by atoms with Crippen molar-refractivity contribution < 1.29 is 24.2 Å². The van der Waals surface area contributed by atoms with Crippen molar-refractivity contribution in [2.24, 2.45) is 5.73 Å². The van der Waals surface area contributed by atoms with Crippen molar-refractivity contribution in [3.8, 4) is 11.1 Å². The Bertz CT molecular complexity index is 1420. The fourth-order valence-corrected chi connectivity index (χ4v) is 4.98.